The summed E-state index contributed by atoms with van der Waals surface area (Å²) in [6.45, 7) is 4.27. The highest BCUT2D eigenvalue weighted by molar-refractivity contribution is 6.28. The van der Waals surface area contributed by atoms with E-state index in [1.54, 1.807) is 6.20 Å². The van der Waals surface area contributed by atoms with Gasteiger partial charge in [-0.25, -0.2) is 4.98 Å². The Balaban J connectivity index is 2.11. The highest BCUT2D eigenvalue weighted by atomic mass is 35.5. The Morgan fingerprint density at radius 1 is 1.62 bits per heavy atom. The Morgan fingerprint density at radius 2 is 2.44 bits per heavy atom. The second-order valence-corrected chi connectivity index (χ2v) is 4.65. The van der Waals surface area contributed by atoms with E-state index < -0.39 is 0 Å². The van der Waals surface area contributed by atoms with Crippen molar-refractivity contribution in [3.63, 3.8) is 0 Å². The van der Waals surface area contributed by atoms with Gasteiger partial charge in [-0.05, 0) is 30.4 Å². The van der Waals surface area contributed by atoms with Crippen molar-refractivity contribution in [2.24, 2.45) is 5.92 Å². The average molecular weight is 241 g/mol. The summed E-state index contributed by atoms with van der Waals surface area (Å²) in [5.74, 6) is 1.55. The fourth-order valence-corrected chi connectivity index (χ4v) is 2.41. The van der Waals surface area contributed by atoms with Gasteiger partial charge in [-0.15, -0.1) is 0 Å². The monoisotopic (exact) mass is 240 g/mol. The van der Waals surface area contributed by atoms with Gasteiger partial charge in [0.1, 0.15) is 0 Å². The summed E-state index contributed by atoms with van der Waals surface area (Å²) >= 11 is 5.79. The van der Waals surface area contributed by atoms with Gasteiger partial charge in [0, 0.05) is 13.1 Å². The van der Waals surface area contributed by atoms with E-state index in [0.29, 0.717) is 5.69 Å². The number of rotatable bonds is 3. The fraction of sp³-hybridized carbons (Fsp3) is 0.636. The number of halogens is 1. The van der Waals surface area contributed by atoms with Gasteiger partial charge in [-0.2, -0.15) is 4.98 Å². The molecule has 1 aliphatic rings. The first-order valence-corrected chi connectivity index (χ1v) is 6.11. The number of hydrogen-bond acceptors (Lipinski definition) is 4. The number of nitrogens with two attached hydrogens (primary N) is 1. The molecule has 0 bridgehead atoms. The van der Waals surface area contributed by atoms with Crippen LogP contribution in [0.1, 0.15) is 26.2 Å². The number of nitrogen functional groups attached to an aromatic ring is 1. The topological polar surface area (TPSA) is 55.0 Å². The Bertz CT molecular complexity index is 369. The van der Waals surface area contributed by atoms with E-state index in [0.717, 1.165) is 24.8 Å². The van der Waals surface area contributed by atoms with E-state index >= 15 is 0 Å². The normalized spacial score (nSPS) is 20.4. The SMILES string of the molecule is CCCC1CCN(c2nc(Cl)ncc2N)C1. The van der Waals surface area contributed by atoms with Crippen molar-refractivity contribution in [1.29, 1.82) is 0 Å². The molecule has 2 N–H and O–H groups in total. The zero-order valence-corrected chi connectivity index (χ0v) is 10.2. The van der Waals surface area contributed by atoms with Crippen LogP contribution in [-0.2, 0) is 0 Å². The van der Waals surface area contributed by atoms with Gasteiger partial charge in [-0.3, -0.25) is 0 Å². The first kappa shape index (κ1) is 11.5. The lowest BCUT2D eigenvalue weighted by molar-refractivity contribution is 0.529. The molecule has 5 heteroatoms. The predicted octanol–water partition coefficient (Wildman–Crippen LogP) is 2.34. The third-order valence-electron chi connectivity index (χ3n) is 3.05. The molecule has 0 saturated carbocycles. The molecule has 1 aromatic rings. The first-order valence-electron chi connectivity index (χ1n) is 5.73. The van der Waals surface area contributed by atoms with Crippen molar-refractivity contribution in [3.05, 3.63) is 11.5 Å². The molecule has 2 heterocycles. The number of aromatic nitrogens is 2. The lowest BCUT2D eigenvalue weighted by atomic mass is 10.0. The Kier molecular flexibility index (Phi) is 3.49. The summed E-state index contributed by atoms with van der Waals surface area (Å²) in [4.78, 5) is 10.3. The lowest BCUT2D eigenvalue weighted by Crippen LogP contribution is -2.22. The quantitative estimate of drug-likeness (QED) is 0.824. The third kappa shape index (κ3) is 2.38. The Morgan fingerprint density at radius 3 is 3.19 bits per heavy atom. The second-order valence-electron chi connectivity index (χ2n) is 4.31. The molecule has 1 unspecified atom stereocenters. The molecule has 0 aliphatic carbocycles. The molecule has 4 nitrogen and oxygen atoms in total. The van der Waals surface area contributed by atoms with Crippen LogP contribution in [0.25, 0.3) is 0 Å². The summed E-state index contributed by atoms with van der Waals surface area (Å²) in [6.07, 6.45) is 5.31. The molecule has 1 aliphatic heterocycles. The lowest BCUT2D eigenvalue weighted by Gasteiger charge is -2.18. The van der Waals surface area contributed by atoms with Crippen molar-refractivity contribution >= 4 is 23.1 Å². The smallest absolute Gasteiger partial charge is 0.224 e. The van der Waals surface area contributed by atoms with Crippen LogP contribution in [-0.4, -0.2) is 23.1 Å². The largest absolute Gasteiger partial charge is 0.394 e. The molecule has 16 heavy (non-hydrogen) atoms. The van der Waals surface area contributed by atoms with Gasteiger partial charge in [0.25, 0.3) is 0 Å². The first-order chi connectivity index (χ1) is 7.70. The van der Waals surface area contributed by atoms with Crippen molar-refractivity contribution in [2.45, 2.75) is 26.2 Å². The van der Waals surface area contributed by atoms with E-state index in [4.69, 9.17) is 17.3 Å². The van der Waals surface area contributed by atoms with Crippen LogP contribution >= 0.6 is 11.6 Å². The van der Waals surface area contributed by atoms with Crippen LogP contribution in [0.3, 0.4) is 0 Å². The van der Waals surface area contributed by atoms with Crippen LogP contribution in [0.4, 0.5) is 11.5 Å². The molecular weight excluding hydrogens is 224 g/mol. The van der Waals surface area contributed by atoms with Crippen molar-refractivity contribution in [2.75, 3.05) is 23.7 Å². The molecule has 0 amide bonds. The predicted molar refractivity (Wildman–Crippen MR) is 66.7 cm³/mol. The van der Waals surface area contributed by atoms with Crippen LogP contribution in [0.15, 0.2) is 6.20 Å². The van der Waals surface area contributed by atoms with Gasteiger partial charge in [0.2, 0.25) is 5.28 Å². The highest BCUT2D eigenvalue weighted by Gasteiger charge is 2.24. The van der Waals surface area contributed by atoms with E-state index in [9.17, 15) is 0 Å². The molecule has 0 spiro atoms. The summed E-state index contributed by atoms with van der Waals surface area (Å²) in [5, 5.41) is 0.267. The fourth-order valence-electron chi connectivity index (χ4n) is 2.28. The Labute approximate surface area is 101 Å². The van der Waals surface area contributed by atoms with Gasteiger partial charge < -0.3 is 10.6 Å². The number of nitrogens with zero attached hydrogens (tertiary/aromatic N) is 3. The highest BCUT2D eigenvalue weighted by Crippen LogP contribution is 2.29. The zero-order chi connectivity index (χ0) is 11.5. The maximum atomic E-state index is 5.86. The molecule has 2 rings (SSSR count). The summed E-state index contributed by atoms with van der Waals surface area (Å²) in [5.41, 5.74) is 6.48. The molecular formula is C11H17ClN4. The van der Waals surface area contributed by atoms with Gasteiger partial charge >= 0.3 is 0 Å². The summed E-state index contributed by atoms with van der Waals surface area (Å²) in [7, 11) is 0. The Hall–Kier alpha value is -1.03. The third-order valence-corrected chi connectivity index (χ3v) is 3.23. The van der Waals surface area contributed by atoms with E-state index in [1.165, 1.54) is 19.3 Å². The van der Waals surface area contributed by atoms with Gasteiger partial charge in [0.15, 0.2) is 5.82 Å². The minimum absolute atomic E-state index is 0.267. The summed E-state index contributed by atoms with van der Waals surface area (Å²) < 4.78 is 0. The van der Waals surface area contributed by atoms with Crippen LogP contribution in [0.5, 0.6) is 0 Å². The molecule has 1 aromatic heterocycles. The summed E-state index contributed by atoms with van der Waals surface area (Å²) in [6, 6.07) is 0. The molecule has 1 atom stereocenters. The zero-order valence-electron chi connectivity index (χ0n) is 9.49. The van der Waals surface area contributed by atoms with E-state index in [2.05, 4.69) is 21.8 Å². The molecule has 88 valence electrons. The number of anilines is 2. The van der Waals surface area contributed by atoms with Crippen LogP contribution < -0.4 is 10.6 Å². The molecule has 0 radical (unpaired) electrons. The van der Waals surface area contributed by atoms with Gasteiger partial charge in [-0.1, -0.05) is 13.3 Å². The van der Waals surface area contributed by atoms with Crippen molar-refractivity contribution < 1.29 is 0 Å². The minimum Gasteiger partial charge on any atom is -0.394 e. The van der Waals surface area contributed by atoms with Crippen LogP contribution in [0.2, 0.25) is 5.28 Å². The average Bonchev–Trinajstić information content (AvgIpc) is 2.71. The second kappa shape index (κ2) is 4.87. The van der Waals surface area contributed by atoms with Crippen LogP contribution in [0, 0.1) is 5.92 Å². The van der Waals surface area contributed by atoms with Crippen molar-refractivity contribution in [3.8, 4) is 0 Å². The molecule has 0 aromatic carbocycles. The van der Waals surface area contributed by atoms with Crippen molar-refractivity contribution in [1.82, 2.24) is 9.97 Å². The van der Waals surface area contributed by atoms with E-state index in [-0.39, 0.29) is 5.28 Å². The van der Waals surface area contributed by atoms with E-state index in [1.807, 2.05) is 0 Å². The van der Waals surface area contributed by atoms with Gasteiger partial charge in [0.05, 0.1) is 11.9 Å². The molecule has 1 saturated heterocycles. The molecule has 1 fully saturated rings. The number of hydrogen-bond donors (Lipinski definition) is 1. The minimum atomic E-state index is 0.267. The maximum Gasteiger partial charge on any atom is 0.224 e. The standard InChI is InChI=1S/C11H17ClN4/c1-2-3-8-4-5-16(7-8)10-9(13)6-14-11(12)15-10/h6,8H,2-5,7,13H2,1H3. The maximum absolute atomic E-state index is 5.86.